The van der Waals surface area contributed by atoms with Crippen molar-refractivity contribution in [3.8, 4) is 40.0 Å². The first-order valence-electron chi connectivity index (χ1n) is 20.5. The largest absolute Gasteiger partial charge is 0.508 e. The van der Waals surface area contributed by atoms with E-state index >= 15 is 0 Å². The number of fused-ring (bicyclic) bond motifs is 5. The van der Waals surface area contributed by atoms with E-state index in [0.717, 1.165) is 22.2 Å². The van der Waals surface area contributed by atoms with Gasteiger partial charge in [-0.25, -0.2) is 29.0 Å². The average molecular weight is 829 g/mol. The van der Waals surface area contributed by atoms with E-state index in [2.05, 4.69) is 16.3 Å². The molecular weight excluding hydrogens is 783 g/mol. The molecule has 0 aliphatic carbocycles. The van der Waals surface area contributed by atoms with Crippen molar-refractivity contribution < 1.29 is 34.8 Å². The number of H-pyrrole nitrogens is 1. The van der Waals surface area contributed by atoms with Gasteiger partial charge in [0.2, 0.25) is 0 Å². The molecule has 1 saturated heterocycles. The van der Waals surface area contributed by atoms with Crippen LogP contribution in [0.2, 0.25) is 0 Å². The number of carbonyl (C=O) groups is 2. The van der Waals surface area contributed by atoms with Crippen LogP contribution in [0.1, 0.15) is 80.4 Å². The van der Waals surface area contributed by atoms with E-state index in [1.54, 1.807) is 28.8 Å². The third-order valence-electron chi connectivity index (χ3n) is 13.0. The van der Waals surface area contributed by atoms with Crippen LogP contribution >= 0.6 is 0 Å². The summed E-state index contributed by atoms with van der Waals surface area (Å²) in [5, 5.41) is 49.5. The molecule has 0 saturated carbocycles. The highest BCUT2D eigenvalue weighted by atomic mass is 16.6. The lowest BCUT2D eigenvalue weighted by Crippen LogP contribution is -2.61. The van der Waals surface area contributed by atoms with Gasteiger partial charge in [-0.3, -0.25) is 14.2 Å². The van der Waals surface area contributed by atoms with Gasteiger partial charge in [-0.2, -0.15) is 5.10 Å². The Morgan fingerprint density at radius 2 is 1.69 bits per heavy atom. The molecule has 16 heteroatoms. The summed E-state index contributed by atoms with van der Waals surface area (Å²) in [6.07, 6.45) is -1.79. The van der Waals surface area contributed by atoms with Gasteiger partial charge in [0.05, 0.1) is 53.4 Å². The Labute approximate surface area is 349 Å². The van der Waals surface area contributed by atoms with Crippen LogP contribution in [-0.4, -0.2) is 87.9 Å². The van der Waals surface area contributed by atoms with Crippen molar-refractivity contribution in [1.29, 1.82) is 0 Å². The SMILES string of the molecule is CCC1(CC)OC(=O)C(O)c2cc3n(c(=O)c21)Cc1cc2cc([N+]4(Cc5ccc(-n6c(-c7cc(C(C)C)c(O)cc7O)n[nH]c6=O)cc5)CCN(C(=O)O)CC4)ccc2nc1-3. The van der Waals surface area contributed by atoms with Crippen molar-refractivity contribution in [2.75, 3.05) is 26.2 Å². The summed E-state index contributed by atoms with van der Waals surface area (Å²) < 4.78 is 9.15. The molecule has 3 aromatic heterocycles. The quantitative estimate of drug-likeness (QED) is 0.0939. The van der Waals surface area contributed by atoms with Gasteiger partial charge in [0.1, 0.15) is 42.4 Å². The second kappa shape index (κ2) is 14.4. The van der Waals surface area contributed by atoms with E-state index in [0.29, 0.717) is 83.8 Å². The van der Waals surface area contributed by atoms with Crippen LogP contribution in [0.3, 0.4) is 0 Å². The minimum atomic E-state index is -1.58. The first-order chi connectivity index (χ1) is 29.2. The molecule has 3 aliphatic heterocycles. The maximum absolute atomic E-state index is 14.2. The van der Waals surface area contributed by atoms with Gasteiger partial charge in [0.25, 0.3) is 5.56 Å². The molecule has 0 bridgehead atoms. The number of cyclic esters (lactones) is 1. The average Bonchev–Trinajstić information content (AvgIpc) is 3.81. The number of aromatic hydroxyl groups is 2. The summed E-state index contributed by atoms with van der Waals surface area (Å²) in [6.45, 7) is 9.91. The molecule has 3 aromatic carbocycles. The fourth-order valence-corrected chi connectivity index (χ4v) is 9.48. The highest BCUT2D eigenvalue weighted by molar-refractivity contribution is 5.87. The number of phenols is 2. The fourth-order valence-electron chi connectivity index (χ4n) is 9.48. The maximum Gasteiger partial charge on any atom is 0.407 e. The molecule has 314 valence electrons. The minimum Gasteiger partial charge on any atom is -0.508 e. The molecule has 0 radical (unpaired) electrons. The van der Waals surface area contributed by atoms with Crippen molar-refractivity contribution in [2.45, 2.75) is 71.2 Å². The number of nitrogens with zero attached hydrogens (tertiary/aromatic N) is 6. The number of hydrogen-bond acceptors (Lipinski definition) is 10. The summed E-state index contributed by atoms with van der Waals surface area (Å²) in [5.74, 6) is -0.913. The van der Waals surface area contributed by atoms with Gasteiger partial charge in [-0.1, -0.05) is 39.8 Å². The smallest absolute Gasteiger partial charge is 0.407 e. The molecule has 1 fully saturated rings. The number of aromatic nitrogens is 5. The zero-order valence-electron chi connectivity index (χ0n) is 34.2. The van der Waals surface area contributed by atoms with Gasteiger partial charge >= 0.3 is 17.8 Å². The predicted molar refractivity (Wildman–Crippen MR) is 226 cm³/mol. The van der Waals surface area contributed by atoms with Crippen molar-refractivity contribution >= 4 is 28.7 Å². The van der Waals surface area contributed by atoms with Gasteiger partial charge in [-0.15, -0.1) is 0 Å². The highest BCUT2D eigenvalue weighted by Gasteiger charge is 2.47. The van der Waals surface area contributed by atoms with Crippen LogP contribution in [0.4, 0.5) is 10.5 Å². The number of piperazine rings is 1. The van der Waals surface area contributed by atoms with Crippen LogP contribution < -0.4 is 15.7 Å². The number of pyridine rings is 2. The number of rotatable bonds is 8. The second-order valence-electron chi connectivity index (χ2n) is 16.6. The number of carbonyl (C=O) groups excluding carboxylic acids is 1. The molecule has 16 nitrogen and oxygen atoms in total. The number of esters is 1. The lowest BCUT2D eigenvalue weighted by atomic mass is 9.82. The van der Waals surface area contributed by atoms with E-state index in [-0.39, 0.29) is 46.5 Å². The number of aromatic amines is 1. The monoisotopic (exact) mass is 828 g/mol. The highest BCUT2D eigenvalue weighted by Crippen LogP contribution is 2.44. The summed E-state index contributed by atoms with van der Waals surface area (Å²) in [6, 6.07) is 20.1. The van der Waals surface area contributed by atoms with Crippen LogP contribution in [-0.2, 0) is 28.2 Å². The topological polar surface area (TPSA) is 213 Å². The van der Waals surface area contributed by atoms with Gasteiger partial charge in [0, 0.05) is 40.3 Å². The second-order valence-corrected chi connectivity index (χ2v) is 16.6. The molecule has 3 aliphatic rings. The van der Waals surface area contributed by atoms with Gasteiger partial charge in [-0.05, 0) is 60.7 Å². The van der Waals surface area contributed by atoms with Crippen LogP contribution in [0, 0.1) is 0 Å². The zero-order valence-corrected chi connectivity index (χ0v) is 34.2. The molecule has 0 spiro atoms. The molecule has 5 N–H and O–H groups in total. The lowest BCUT2D eigenvalue weighted by molar-refractivity contribution is -0.177. The summed E-state index contributed by atoms with van der Waals surface area (Å²) in [5.41, 5.74) is 4.53. The number of ether oxygens (including phenoxy) is 1. The third-order valence-corrected chi connectivity index (χ3v) is 13.0. The number of nitrogens with one attached hydrogen (secondary N) is 1. The first kappa shape index (κ1) is 39.7. The number of phenolic OH excluding ortho intramolecular Hbond substituents is 2. The van der Waals surface area contributed by atoms with Gasteiger partial charge in [0.15, 0.2) is 11.9 Å². The Morgan fingerprint density at radius 1 is 0.967 bits per heavy atom. The van der Waals surface area contributed by atoms with E-state index < -0.39 is 29.5 Å². The Hall–Kier alpha value is -6.78. The summed E-state index contributed by atoms with van der Waals surface area (Å²) >= 11 is 0. The Bertz CT molecular complexity index is 2900. The van der Waals surface area contributed by atoms with Crippen LogP contribution in [0.5, 0.6) is 11.5 Å². The Morgan fingerprint density at radius 3 is 2.36 bits per heavy atom. The van der Waals surface area contributed by atoms with Crippen molar-refractivity contribution in [1.82, 2.24) is 33.7 Å². The summed E-state index contributed by atoms with van der Waals surface area (Å²) in [4.78, 5) is 58.6. The lowest BCUT2D eigenvalue weighted by Gasteiger charge is -2.44. The number of carboxylic acid groups (broad SMARTS) is 1. The van der Waals surface area contributed by atoms with Crippen molar-refractivity contribution in [3.63, 3.8) is 0 Å². The van der Waals surface area contributed by atoms with Crippen LogP contribution in [0.15, 0.2) is 76.3 Å². The number of quaternary nitrogens is 1. The summed E-state index contributed by atoms with van der Waals surface area (Å²) in [7, 11) is 0. The third kappa shape index (κ3) is 6.27. The molecule has 6 heterocycles. The van der Waals surface area contributed by atoms with E-state index in [4.69, 9.17) is 9.72 Å². The molecule has 1 unspecified atom stereocenters. The predicted octanol–water partition coefficient (Wildman–Crippen LogP) is 5.61. The minimum absolute atomic E-state index is 0.0505. The Balaban J connectivity index is 1.07. The Kier molecular flexibility index (Phi) is 9.40. The van der Waals surface area contributed by atoms with Gasteiger partial charge < -0.3 is 29.7 Å². The molecular formula is C45H46N7O9+. The molecule has 1 atom stereocenters. The van der Waals surface area contributed by atoms with Crippen molar-refractivity contribution in [2.24, 2.45) is 0 Å². The standard InChI is InChI=1S/C45H45N7O9/c1-5-45(6-2)37-32(39(55)42(57)61-45)20-34-38-27(22-50(34)41(37)56)17-26-18-29(11-12-33(26)46-38)52(15-13-49(14-16-52)44(59)60)23-25-7-9-28(10-8-25)51-40(47-48-43(51)58)31-19-30(24(3)4)35(53)21-36(31)54/h7-12,17-21,24,39,55H,5-6,13-16,22-23H2,1-4H3,(H3-,46,47,48,53,54,56,58,59,60)/p+1. The maximum atomic E-state index is 14.2. The number of amides is 1. The molecule has 6 aromatic rings. The number of aliphatic hydroxyl groups excluding tert-OH is 1. The van der Waals surface area contributed by atoms with Crippen LogP contribution in [0.25, 0.3) is 39.4 Å². The fraction of sp³-hybridized carbons (Fsp3) is 0.333. The number of hydrogen-bond donors (Lipinski definition) is 5. The van der Waals surface area contributed by atoms with E-state index in [1.165, 1.54) is 15.5 Å². The normalized spacial score (nSPS) is 17.6. The molecule has 9 rings (SSSR count). The molecule has 1 amide bonds. The number of benzene rings is 3. The van der Waals surface area contributed by atoms with Crippen molar-refractivity contribution in [3.05, 3.63) is 115 Å². The van der Waals surface area contributed by atoms with E-state index in [9.17, 15) is 39.6 Å². The number of aliphatic hydroxyl groups is 1. The molecule has 61 heavy (non-hydrogen) atoms. The van der Waals surface area contributed by atoms with E-state index in [1.807, 2.05) is 58.0 Å². The first-order valence-corrected chi connectivity index (χ1v) is 20.5. The zero-order chi connectivity index (χ0) is 43.1.